The second kappa shape index (κ2) is 5.77. The molecule has 0 bridgehead atoms. The number of hydrogen-bond donors (Lipinski definition) is 1. The Morgan fingerprint density at radius 3 is 3.04 bits per heavy atom. The molecule has 1 aromatic heterocycles. The lowest BCUT2D eigenvalue weighted by molar-refractivity contribution is 0.246. The summed E-state index contributed by atoms with van der Waals surface area (Å²) in [7, 11) is 1.91. The summed E-state index contributed by atoms with van der Waals surface area (Å²) in [6.45, 7) is 4.33. The topological polar surface area (TPSA) is 46.5 Å². The van der Waals surface area contributed by atoms with Crippen LogP contribution in [0.5, 0.6) is 5.75 Å². The van der Waals surface area contributed by atoms with Gasteiger partial charge in [-0.25, -0.2) is 4.39 Å². The summed E-state index contributed by atoms with van der Waals surface area (Å²) in [5.41, 5.74) is 0.989. The first-order chi connectivity index (χ1) is 11.6. The number of ether oxygens (including phenoxy) is 1. The van der Waals surface area contributed by atoms with E-state index in [1.807, 2.05) is 23.4 Å². The Hall–Kier alpha value is -2.08. The third kappa shape index (κ3) is 2.28. The predicted octanol–water partition coefficient (Wildman–Crippen LogP) is 2.28. The van der Waals surface area contributed by atoms with E-state index in [1.165, 1.54) is 12.1 Å². The van der Waals surface area contributed by atoms with E-state index >= 15 is 0 Å². The monoisotopic (exact) mass is 331 g/mol. The van der Waals surface area contributed by atoms with Gasteiger partial charge in [-0.15, -0.1) is 0 Å². The number of pyridine rings is 1. The lowest BCUT2D eigenvalue weighted by Crippen LogP contribution is -2.44. The number of aromatic nitrogens is 1. The molecular weight excluding hydrogens is 309 g/mol. The average Bonchev–Trinajstić information content (AvgIpc) is 2.60. The minimum absolute atomic E-state index is 0.112. The van der Waals surface area contributed by atoms with E-state index in [-0.39, 0.29) is 17.5 Å². The number of hydrogen-bond acceptors (Lipinski definition) is 4. The van der Waals surface area contributed by atoms with Crippen molar-refractivity contribution in [1.82, 2.24) is 9.88 Å². The highest BCUT2D eigenvalue weighted by atomic mass is 19.1. The first-order valence-electron chi connectivity index (χ1n) is 8.51. The molecule has 0 spiro atoms. The average molecular weight is 331 g/mol. The second-order valence-corrected chi connectivity index (χ2v) is 6.79. The van der Waals surface area contributed by atoms with Gasteiger partial charge < -0.3 is 19.5 Å². The van der Waals surface area contributed by atoms with Crippen LogP contribution in [-0.4, -0.2) is 37.4 Å². The number of likely N-dealkylation sites (N-methyl/N-ethyl adjacent to an activating group) is 1. The van der Waals surface area contributed by atoms with Crippen LogP contribution in [0, 0.1) is 5.82 Å². The number of anilines is 1. The fourth-order valence-corrected chi connectivity index (χ4v) is 3.83. The van der Waals surface area contributed by atoms with E-state index in [4.69, 9.17) is 4.74 Å². The molecule has 1 N–H and O–H groups in total. The fraction of sp³-hybridized carbons (Fsp3) is 0.500. The van der Waals surface area contributed by atoms with Gasteiger partial charge in [0.05, 0.1) is 16.9 Å². The summed E-state index contributed by atoms with van der Waals surface area (Å²) in [5.74, 6) is 0.101. The molecule has 2 aromatic rings. The van der Waals surface area contributed by atoms with Gasteiger partial charge in [0.25, 0.3) is 0 Å². The molecule has 1 aromatic carbocycles. The number of piperidine rings is 1. The molecule has 5 nitrogen and oxygen atoms in total. The van der Waals surface area contributed by atoms with Crippen LogP contribution in [-0.2, 0) is 0 Å². The smallest absolute Gasteiger partial charge is 0.189 e. The van der Waals surface area contributed by atoms with Crippen LogP contribution < -0.4 is 20.4 Å². The number of nitrogens with zero attached hydrogens (tertiary/aromatic N) is 2. The van der Waals surface area contributed by atoms with E-state index in [1.54, 1.807) is 6.20 Å². The molecule has 3 heterocycles. The van der Waals surface area contributed by atoms with Crippen LogP contribution in [0.1, 0.15) is 25.8 Å². The Morgan fingerprint density at radius 2 is 2.29 bits per heavy atom. The maximum absolute atomic E-state index is 14.9. The molecule has 0 aliphatic carbocycles. The minimum Gasteiger partial charge on any atom is -0.487 e. The lowest BCUT2D eigenvalue weighted by Gasteiger charge is -2.36. The molecule has 24 heavy (non-hydrogen) atoms. The molecule has 2 atom stereocenters. The van der Waals surface area contributed by atoms with Crippen molar-refractivity contribution in [2.45, 2.75) is 31.8 Å². The molecule has 0 saturated carbocycles. The van der Waals surface area contributed by atoms with Gasteiger partial charge in [0, 0.05) is 31.9 Å². The van der Waals surface area contributed by atoms with E-state index in [9.17, 15) is 9.18 Å². The van der Waals surface area contributed by atoms with Crippen molar-refractivity contribution in [3.05, 3.63) is 34.4 Å². The van der Waals surface area contributed by atoms with Crippen molar-refractivity contribution in [2.75, 3.05) is 31.6 Å². The maximum Gasteiger partial charge on any atom is 0.189 e. The summed E-state index contributed by atoms with van der Waals surface area (Å²) in [5, 5.41) is 3.75. The molecule has 0 amide bonds. The summed E-state index contributed by atoms with van der Waals surface area (Å²) in [6, 6.07) is 3.19. The summed E-state index contributed by atoms with van der Waals surface area (Å²) in [4.78, 5) is 14.2. The SMILES string of the molecule is CC1COc2c(N(C)C3CCCNC3)c(F)cc3c(=O)ccn1c23. The summed E-state index contributed by atoms with van der Waals surface area (Å²) in [6.07, 6.45) is 3.87. The van der Waals surface area contributed by atoms with Crippen molar-refractivity contribution in [2.24, 2.45) is 0 Å². The highest BCUT2D eigenvalue weighted by molar-refractivity contribution is 5.92. The first-order valence-corrected chi connectivity index (χ1v) is 8.51. The third-order valence-electron chi connectivity index (χ3n) is 5.21. The van der Waals surface area contributed by atoms with Crippen molar-refractivity contribution < 1.29 is 9.13 Å². The van der Waals surface area contributed by atoms with E-state index < -0.39 is 5.82 Å². The maximum atomic E-state index is 14.9. The summed E-state index contributed by atoms with van der Waals surface area (Å²) >= 11 is 0. The molecule has 1 fully saturated rings. The Labute approximate surface area is 140 Å². The predicted molar refractivity (Wildman–Crippen MR) is 92.7 cm³/mol. The molecule has 4 rings (SSSR count). The fourth-order valence-electron chi connectivity index (χ4n) is 3.83. The molecule has 2 unspecified atom stereocenters. The third-order valence-corrected chi connectivity index (χ3v) is 5.21. The molecule has 128 valence electrons. The van der Waals surface area contributed by atoms with Crippen LogP contribution in [0.15, 0.2) is 23.1 Å². The van der Waals surface area contributed by atoms with E-state index in [0.29, 0.717) is 28.9 Å². The molecule has 2 aliphatic rings. The van der Waals surface area contributed by atoms with Gasteiger partial charge in [-0.2, -0.15) is 0 Å². The normalized spacial score (nSPS) is 23.1. The van der Waals surface area contributed by atoms with Gasteiger partial charge in [-0.3, -0.25) is 4.79 Å². The molecule has 6 heteroatoms. The Bertz CT molecular complexity index is 842. The molecule has 2 aliphatic heterocycles. The van der Waals surface area contributed by atoms with Crippen molar-refractivity contribution in [3.63, 3.8) is 0 Å². The lowest BCUT2D eigenvalue weighted by atomic mass is 10.0. The number of rotatable bonds is 2. The standard InChI is InChI=1S/C18H22FN3O2/c1-11-10-24-18-16-13(15(23)5-7-22(11)16)8-14(19)17(18)21(2)12-4-3-6-20-9-12/h5,7-8,11-12,20H,3-4,6,9-10H2,1-2H3. The largest absolute Gasteiger partial charge is 0.487 e. The van der Waals surface area contributed by atoms with Gasteiger partial charge in [-0.1, -0.05) is 0 Å². The first kappa shape index (κ1) is 15.4. The Morgan fingerprint density at radius 1 is 1.46 bits per heavy atom. The Balaban J connectivity index is 1.93. The molecule has 0 radical (unpaired) electrons. The van der Waals surface area contributed by atoms with Crippen molar-refractivity contribution in [3.8, 4) is 5.75 Å². The van der Waals surface area contributed by atoms with E-state index in [2.05, 4.69) is 5.32 Å². The van der Waals surface area contributed by atoms with Crippen LogP contribution >= 0.6 is 0 Å². The van der Waals surface area contributed by atoms with Crippen LogP contribution in [0.3, 0.4) is 0 Å². The highest BCUT2D eigenvalue weighted by Gasteiger charge is 2.29. The van der Waals surface area contributed by atoms with Gasteiger partial charge in [0.15, 0.2) is 17.0 Å². The molecule has 1 saturated heterocycles. The number of benzene rings is 1. The second-order valence-electron chi connectivity index (χ2n) is 6.79. The van der Waals surface area contributed by atoms with E-state index in [0.717, 1.165) is 25.9 Å². The number of halogens is 1. The minimum atomic E-state index is -0.394. The van der Waals surface area contributed by atoms with Gasteiger partial charge >= 0.3 is 0 Å². The van der Waals surface area contributed by atoms with Crippen LogP contribution in [0.2, 0.25) is 0 Å². The number of nitrogens with one attached hydrogen (secondary N) is 1. The highest BCUT2D eigenvalue weighted by Crippen LogP contribution is 2.41. The van der Waals surface area contributed by atoms with Crippen LogP contribution in [0.4, 0.5) is 10.1 Å². The van der Waals surface area contributed by atoms with Gasteiger partial charge in [0.2, 0.25) is 0 Å². The van der Waals surface area contributed by atoms with Gasteiger partial charge in [0.1, 0.15) is 12.3 Å². The van der Waals surface area contributed by atoms with Crippen molar-refractivity contribution >= 4 is 16.6 Å². The zero-order valence-electron chi connectivity index (χ0n) is 14.0. The zero-order chi connectivity index (χ0) is 16.8. The summed E-state index contributed by atoms with van der Waals surface area (Å²) < 4.78 is 22.9. The van der Waals surface area contributed by atoms with Crippen molar-refractivity contribution in [1.29, 1.82) is 0 Å². The molecular formula is C18H22FN3O2. The zero-order valence-corrected chi connectivity index (χ0v) is 14.0. The van der Waals surface area contributed by atoms with Gasteiger partial charge in [-0.05, 0) is 32.4 Å². The Kier molecular flexibility index (Phi) is 3.72. The van der Waals surface area contributed by atoms with Crippen LogP contribution in [0.25, 0.3) is 10.9 Å². The quantitative estimate of drug-likeness (QED) is 0.917.